The smallest absolute Gasteiger partial charge is 0.326 e. The molecule has 0 aliphatic rings. The number of nitrogens with two attached hydrogens (primary N) is 3. The average molecular weight is 447 g/mol. The van der Waals surface area contributed by atoms with E-state index in [-0.39, 0.29) is 19.3 Å². The van der Waals surface area contributed by atoms with Crippen LogP contribution < -0.4 is 33.2 Å². The highest BCUT2D eigenvalue weighted by molar-refractivity contribution is 5.94. The van der Waals surface area contributed by atoms with Crippen LogP contribution in [0.2, 0.25) is 0 Å². The van der Waals surface area contributed by atoms with Crippen molar-refractivity contribution in [2.75, 3.05) is 6.54 Å². The third-order valence-corrected chi connectivity index (χ3v) is 4.45. The zero-order valence-corrected chi connectivity index (χ0v) is 17.8. The highest BCUT2D eigenvalue weighted by Crippen LogP contribution is 2.04. The van der Waals surface area contributed by atoms with Gasteiger partial charge in [-0.25, -0.2) is 4.79 Å². The first-order chi connectivity index (χ1) is 14.4. The molecule has 5 unspecified atom stereocenters. The van der Waals surface area contributed by atoms with E-state index < -0.39 is 59.9 Å². The second-order valence-corrected chi connectivity index (χ2v) is 7.25. The van der Waals surface area contributed by atoms with E-state index in [2.05, 4.69) is 16.0 Å². The van der Waals surface area contributed by atoms with Crippen LogP contribution in [0.3, 0.4) is 0 Å². The number of rotatable bonds is 15. The monoisotopic (exact) mass is 446 g/mol. The number of aliphatic hydroxyl groups is 1. The molecule has 0 saturated carbocycles. The molecule has 0 rings (SSSR count). The van der Waals surface area contributed by atoms with Crippen LogP contribution in [0.25, 0.3) is 0 Å². The van der Waals surface area contributed by atoms with Gasteiger partial charge in [-0.15, -0.1) is 0 Å². The Hall–Kier alpha value is -2.77. The third-order valence-electron chi connectivity index (χ3n) is 4.45. The van der Waals surface area contributed by atoms with Crippen molar-refractivity contribution in [2.24, 2.45) is 17.2 Å². The fourth-order valence-corrected chi connectivity index (χ4v) is 2.47. The molecule has 0 aromatic rings. The minimum Gasteiger partial charge on any atom is -0.480 e. The van der Waals surface area contributed by atoms with Gasteiger partial charge in [-0.2, -0.15) is 0 Å². The van der Waals surface area contributed by atoms with Crippen molar-refractivity contribution >= 4 is 29.6 Å². The zero-order chi connectivity index (χ0) is 24.1. The largest absolute Gasteiger partial charge is 0.480 e. The molecule has 0 aromatic carbocycles. The minimum absolute atomic E-state index is 0.202. The molecular formula is C18H34N6O7. The van der Waals surface area contributed by atoms with Crippen LogP contribution in [-0.2, 0) is 24.0 Å². The van der Waals surface area contributed by atoms with Crippen molar-refractivity contribution in [1.82, 2.24) is 16.0 Å². The van der Waals surface area contributed by atoms with Gasteiger partial charge in [0.05, 0.1) is 6.10 Å². The van der Waals surface area contributed by atoms with E-state index in [1.54, 1.807) is 0 Å². The molecule has 0 fully saturated rings. The summed E-state index contributed by atoms with van der Waals surface area (Å²) < 4.78 is 0. The van der Waals surface area contributed by atoms with Crippen molar-refractivity contribution in [3.8, 4) is 0 Å². The van der Waals surface area contributed by atoms with Gasteiger partial charge < -0.3 is 43.4 Å². The maximum absolute atomic E-state index is 12.6. The van der Waals surface area contributed by atoms with E-state index in [1.165, 1.54) is 13.8 Å². The van der Waals surface area contributed by atoms with Gasteiger partial charge in [0.25, 0.3) is 0 Å². The number of carboxylic acid groups (broad SMARTS) is 1. The number of hydrogen-bond acceptors (Lipinski definition) is 8. The van der Waals surface area contributed by atoms with Gasteiger partial charge in [0, 0.05) is 6.42 Å². The number of carbonyl (C=O) groups is 5. The quantitative estimate of drug-likeness (QED) is 0.117. The summed E-state index contributed by atoms with van der Waals surface area (Å²) in [5.41, 5.74) is 16.0. The van der Waals surface area contributed by atoms with Crippen LogP contribution >= 0.6 is 0 Å². The number of unbranched alkanes of at least 4 members (excludes halogenated alkanes) is 1. The summed E-state index contributed by atoms with van der Waals surface area (Å²) in [6.45, 7) is 3.05. The van der Waals surface area contributed by atoms with Gasteiger partial charge in [0.1, 0.15) is 24.2 Å². The molecule has 31 heavy (non-hydrogen) atoms. The van der Waals surface area contributed by atoms with Crippen LogP contribution in [0.4, 0.5) is 0 Å². The number of hydrogen-bond donors (Lipinski definition) is 8. The summed E-state index contributed by atoms with van der Waals surface area (Å²) >= 11 is 0. The molecule has 0 radical (unpaired) electrons. The lowest BCUT2D eigenvalue weighted by Crippen LogP contribution is -2.57. The summed E-state index contributed by atoms with van der Waals surface area (Å²) in [4.78, 5) is 59.1. The molecule has 0 saturated heterocycles. The van der Waals surface area contributed by atoms with Crippen LogP contribution in [0, 0.1) is 0 Å². The topological polar surface area (TPSA) is 240 Å². The Bertz CT molecular complexity index is 643. The van der Waals surface area contributed by atoms with Crippen LogP contribution in [-0.4, -0.2) is 76.6 Å². The van der Waals surface area contributed by atoms with Gasteiger partial charge in [-0.05, 0) is 46.1 Å². The summed E-state index contributed by atoms with van der Waals surface area (Å²) in [6.07, 6.45) is -0.258. The first-order valence-electron chi connectivity index (χ1n) is 9.96. The number of aliphatic carboxylic acids is 1. The Kier molecular flexibility index (Phi) is 13.0. The fraction of sp³-hybridized carbons (Fsp3) is 0.722. The van der Waals surface area contributed by atoms with E-state index in [1.807, 2.05) is 0 Å². The molecule has 0 heterocycles. The van der Waals surface area contributed by atoms with Crippen LogP contribution in [0.5, 0.6) is 0 Å². The van der Waals surface area contributed by atoms with Gasteiger partial charge in [-0.3, -0.25) is 19.2 Å². The molecule has 4 amide bonds. The van der Waals surface area contributed by atoms with Crippen molar-refractivity contribution in [3.63, 3.8) is 0 Å². The van der Waals surface area contributed by atoms with Crippen molar-refractivity contribution in [1.29, 1.82) is 0 Å². The molecule has 0 spiro atoms. The van der Waals surface area contributed by atoms with Gasteiger partial charge in [0.15, 0.2) is 0 Å². The molecule has 5 atom stereocenters. The minimum atomic E-state index is -1.36. The number of aliphatic hydroxyl groups excluding tert-OH is 1. The van der Waals surface area contributed by atoms with Crippen LogP contribution in [0.1, 0.15) is 46.0 Å². The van der Waals surface area contributed by atoms with Crippen molar-refractivity contribution < 1.29 is 34.2 Å². The molecule has 11 N–H and O–H groups in total. The highest BCUT2D eigenvalue weighted by atomic mass is 16.4. The molecule has 0 bridgehead atoms. The van der Waals surface area contributed by atoms with E-state index in [0.717, 1.165) is 0 Å². The molecule has 0 aliphatic carbocycles. The molecule has 13 nitrogen and oxygen atoms in total. The van der Waals surface area contributed by atoms with E-state index in [9.17, 15) is 29.1 Å². The number of carbonyl (C=O) groups excluding carboxylic acids is 4. The first kappa shape index (κ1) is 28.2. The maximum atomic E-state index is 12.6. The average Bonchev–Trinajstić information content (AvgIpc) is 2.68. The lowest BCUT2D eigenvalue weighted by atomic mass is 10.1. The van der Waals surface area contributed by atoms with Gasteiger partial charge in [-0.1, -0.05) is 0 Å². The van der Waals surface area contributed by atoms with E-state index >= 15 is 0 Å². The lowest BCUT2D eigenvalue weighted by Gasteiger charge is -2.24. The molecule has 13 heteroatoms. The van der Waals surface area contributed by atoms with Gasteiger partial charge >= 0.3 is 5.97 Å². The first-order valence-corrected chi connectivity index (χ1v) is 9.96. The van der Waals surface area contributed by atoms with Crippen molar-refractivity contribution in [2.45, 2.75) is 76.2 Å². The second-order valence-electron chi connectivity index (χ2n) is 7.25. The second kappa shape index (κ2) is 14.3. The predicted molar refractivity (Wildman–Crippen MR) is 110 cm³/mol. The summed E-state index contributed by atoms with van der Waals surface area (Å²) in [7, 11) is 0. The summed E-state index contributed by atoms with van der Waals surface area (Å²) in [6, 6.07) is -4.78. The molecule has 0 aromatic heterocycles. The fourth-order valence-electron chi connectivity index (χ4n) is 2.47. The number of amides is 4. The Morgan fingerprint density at radius 2 is 1.45 bits per heavy atom. The molecule has 0 aliphatic heterocycles. The predicted octanol–water partition coefficient (Wildman–Crippen LogP) is -3.35. The Balaban J connectivity index is 5.06. The Labute approximate surface area is 180 Å². The summed E-state index contributed by atoms with van der Waals surface area (Å²) in [5.74, 6) is -4.29. The number of primary amides is 1. The van der Waals surface area contributed by atoms with E-state index in [4.69, 9.17) is 22.3 Å². The third kappa shape index (κ3) is 11.3. The van der Waals surface area contributed by atoms with Crippen molar-refractivity contribution in [3.05, 3.63) is 0 Å². The summed E-state index contributed by atoms with van der Waals surface area (Å²) in [5, 5.41) is 25.7. The number of nitrogens with one attached hydrogen (secondary N) is 3. The normalized spacial score (nSPS) is 15.6. The maximum Gasteiger partial charge on any atom is 0.326 e. The molecule has 178 valence electrons. The zero-order valence-electron chi connectivity index (χ0n) is 17.8. The Morgan fingerprint density at radius 1 is 0.871 bits per heavy atom. The van der Waals surface area contributed by atoms with Crippen LogP contribution in [0.15, 0.2) is 0 Å². The van der Waals surface area contributed by atoms with Gasteiger partial charge in [0.2, 0.25) is 23.6 Å². The standard InChI is InChI=1S/C18H34N6O7/c1-9(15(27)24-12(18(30)31)6-7-13(20)26)22-16(28)11(5-3-4-8-19)23-17(29)14(21)10(2)25/h9-12,14,25H,3-8,19,21H2,1-2H3,(H2,20,26)(H,22,28)(H,23,29)(H,24,27)(H,30,31). The highest BCUT2D eigenvalue weighted by Gasteiger charge is 2.29. The van der Waals surface area contributed by atoms with E-state index in [0.29, 0.717) is 19.4 Å². The number of carboxylic acids is 1. The lowest BCUT2D eigenvalue weighted by molar-refractivity contribution is -0.142. The Morgan fingerprint density at radius 3 is 1.94 bits per heavy atom. The molecular weight excluding hydrogens is 412 g/mol. The SMILES string of the molecule is CC(NC(=O)C(CCCCN)NC(=O)C(N)C(C)O)C(=O)NC(CCC(N)=O)C(=O)O.